The molecular weight excluding hydrogens is 178 g/mol. The molecule has 1 aromatic rings. The van der Waals surface area contributed by atoms with E-state index in [0.717, 1.165) is 0 Å². The molecular formula is C6H10N3O2S-. The van der Waals surface area contributed by atoms with Crippen molar-refractivity contribution >= 4 is 17.6 Å². The molecule has 0 saturated carbocycles. The van der Waals surface area contributed by atoms with Crippen molar-refractivity contribution in [2.75, 3.05) is 11.5 Å². The van der Waals surface area contributed by atoms with E-state index < -0.39 is 0 Å². The minimum absolute atomic E-state index is 0.168. The number of aryl methyl sites for hydroxylation is 1. The number of hydrogen-bond acceptors (Lipinski definition) is 5. The molecule has 0 unspecified atom stereocenters. The highest BCUT2D eigenvalue weighted by molar-refractivity contribution is 7.97. The highest BCUT2D eigenvalue weighted by Gasteiger charge is 2.05. The lowest BCUT2D eigenvalue weighted by Crippen LogP contribution is -2.13. The van der Waals surface area contributed by atoms with Gasteiger partial charge in [0.2, 0.25) is 0 Å². The molecule has 6 heteroatoms. The van der Waals surface area contributed by atoms with Gasteiger partial charge in [-0.25, -0.2) is 4.98 Å². The lowest BCUT2D eigenvalue weighted by Gasteiger charge is -2.22. The highest BCUT2D eigenvalue weighted by atomic mass is 32.2. The summed E-state index contributed by atoms with van der Waals surface area (Å²) in [5.74, 6) is 1.50. The van der Waals surface area contributed by atoms with Crippen molar-refractivity contribution in [2.45, 2.75) is 12.8 Å². The number of imidazole rings is 1. The molecule has 1 heterocycles. The minimum atomic E-state index is -0.170. The van der Waals surface area contributed by atoms with E-state index in [2.05, 4.69) is 4.98 Å². The van der Waals surface area contributed by atoms with Gasteiger partial charge in [-0.3, -0.25) is 5.21 Å². The van der Waals surface area contributed by atoms with Crippen LogP contribution in [0.15, 0.2) is 6.20 Å². The molecule has 1 rings (SSSR count). The van der Waals surface area contributed by atoms with Crippen LogP contribution in [0.2, 0.25) is 0 Å². The molecule has 0 aliphatic heterocycles. The van der Waals surface area contributed by atoms with E-state index in [4.69, 9.17) is 5.21 Å². The van der Waals surface area contributed by atoms with Gasteiger partial charge in [-0.2, -0.15) is 0 Å². The fraction of sp³-hybridized carbons (Fsp3) is 0.500. The summed E-state index contributed by atoms with van der Waals surface area (Å²) in [6.45, 7) is 1.78. The third kappa shape index (κ3) is 1.71. The Bertz CT molecular complexity index is 261. The second-order valence-electron chi connectivity index (χ2n) is 2.28. The third-order valence-electron chi connectivity index (χ3n) is 1.49. The Morgan fingerprint density at radius 2 is 2.50 bits per heavy atom. The van der Waals surface area contributed by atoms with E-state index in [1.165, 1.54) is 6.20 Å². The summed E-state index contributed by atoms with van der Waals surface area (Å²) in [6.07, 6.45) is 3.26. The van der Waals surface area contributed by atoms with Crippen molar-refractivity contribution in [3.63, 3.8) is 0 Å². The van der Waals surface area contributed by atoms with Crippen LogP contribution in [0.1, 0.15) is 5.82 Å². The molecule has 0 aliphatic carbocycles. The van der Waals surface area contributed by atoms with E-state index in [9.17, 15) is 5.21 Å². The lowest BCUT2D eigenvalue weighted by atomic mass is 10.7. The smallest absolute Gasteiger partial charge is 0.143 e. The molecule has 0 bridgehead atoms. The van der Waals surface area contributed by atoms with E-state index in [1.54, 1.807) is 23.3 Å². The molecule has 0 spiro atoms. The standard InChI is InChI=1S/C6H10N3O2S/c1-5-7-3-6(9(10)11)8(5)4-12-2/h3,10H,4H2,1-2H3/q-1. The van der Waals surface area contributed by atoms with Crippen molar-refractivity contribution in [2.24, 2.45) is 0 Å². The van der Waals surface area contributed by atoms with Crippen LogP contribution >= 0.6 is 11.8 Å². The molecule has 0 radical (unpaired) electrons. The SMILES string of the molecule is CSCn1c(N([O-])O)cnc1C. The van der Waals surface area contributed by atoms with Gasteiger partial charge in [0.05, 0.1) is 12.1 Å². The number of hydrogen-bond donors (Lipinski definition) is 1. The van der Waals surface area contributed by atoms with Gasteiger partial charge < -0.3 is 15.0 Å². The maximum absolute atomic E-state index is 10.6. The number of anilines is 1. The topological polar surface area (TPSA) is 64.3 Å². The van der Waals surface area contributed by atoms with Crippen molar-refractivity contribution in [1.29, 1.82) is 0 Å². The van der Waals surface area contributed by atoms with Crippen molar-refractivity contribution < 1.29 is 5.21 Å². The van der Waals surface area contributed by atoms with Gasteiger partial charge >= 0.3 is 0 Å². The van der Waals surface area contributed by atoms with Crippen LogP contribution in [0.4, 0.5) is 5.82 Å². The molecule has 0 aliphatic rings. The van der Waals surface area contributed by atoms with Gasteiger partial charge in [0.15, 0.2) is 0 Å². The van der Waals surface area contributed by atoms with Crippen LogP contribution in [-0.4, -0.2) is 21.0 Å². The van der Waals surface area contributed by atoms with E-state index in [0.29, 0.717) is 11.7 Å². The Hall–Kier alpha value is -0.720. The first-order valence-corrected chi connectivity index (χ1v) is 4.73. The largest absolute Gasteiger partial charge is 0.732 e. The Balaban J connectivity index is 2.95. The van der Waals surface area contributed by atoms with Gasteiger partial charge in [-0.1, -0.05) is 0 Å². The molecule has 1 N–H and O–H groups in total. The first-order valence-electron chi connectivity index (χ1n) is 3.34. The average molecular weight is 188 g/mol. The summed E-state index contributed by atoms with van der Waals surface area (Å²) >= 11 is 1.55. The Kier molecular flexibility index (Phi) is 2.96. The fourth-order valence-electron chi connectivity index (χ4n) is 0.898. The molecule has 12 heavy (non-hydrogen) atoms. The van der Waals surface area contributed by atoms with Crippen LogP contribution < -0.4 is 5.23 Å². The monoisotopic (exact) mass is 188 g/mol. The van der Waals surface area contributed by atoms with Crippen molar-refractivity contribution in [3.05, 3.63) is 17.2 Å². The van der Waals surface area contributed by atoms with E-state index >= 15 is 0 Å². The Morgan fingerprint density at radius 1 is 1.83 bits per heavy atom. The molecule has 0 fully saturated rings. The predicted molar refractivity (Wildman–Crippen MR) is 48.1 cm³/mol. The molecule has 1 aromatic heterocycles. The molecule has 68 valence electrons. The van der Waals surface area contributed by atoms with Gasteiger partial charge in [0.25, 0.3) is 0 Å². The van der Waals surface area contributed by atoms with Gasteiger partial charge in [0.1, 0.15) is 11.6 Å². The van der Waals surface area contributed by atoms with E-state index in [-0.39, 0.29) is 11.0 Å². The number of nitrogens with zero attached hydrogens (tertiary/aromatic N) is 3. The predicted octanol–water partition coefficient (Wildman–Crippen LogP) is 1.21. The number of aromatic nitrogens is 2. The highest BCUT2D eigenvalue weighted by Crippen LogP contribution is 2.16. The van der Waals surface area contributed by atoms with Crippen LogP contribution in [0, 0.1) is 12.1 Å². The zero-order valence-electron chi connectivity index (χ0n) is 6.89. The normalized spacial score (nSPS) is 10.3. The van der Waals surface area contributed by atoms with Crippen molar-refractivity contribution in [3.8, 4) is 0 Å². The molecule has 0 atom stereocenters. The maximum Gasteiger partial charge on any atom is 0.143 e. The maximum atomic E-state index is 10.6. The zero-order valence-corrected chi connectivity index (χ0v) is 7.71. The Morgan fingerprint density at radius 3 is 3.00 bits per heavy atom. The van der Waals surface area contributed by atoms with Gasteiger partial charge in [-0.05, 0) is 13.2 Å². The van der Waals surface area contributed by atoms with Crippen LogP contribution in [0.3, 0.4) is 0 Å². The third-order valence-corrected chi connectivity index (χ3v) is 2.00. The summed E-state index contributed by atoms with van der Waals surface area (Å²) in [5.41, 5.74) is 0. The second-order valence-corrected chi connectivity index (χ2v) is 3.12. The number of rotatable bonds is 3. The van der Waals surface area contributed by atoms with Gasteiger partial charge in [0, 0.05) is 0 Å². The van der Waals surface area contributed by atoms with Crippen LogP contribution in [0.25, 0.3) is 0 Å². The first kappa shape index (κ1) is 9.37. The summed E-state index contributed by atoms with van der Waals surface area (Å²) in [7, 11) is 0. The molecule has 0 saturated heterocycles. The van der Waals surface area contributed by atoms with Gasteiger partial charge in [-0.15, -0.1) is 11.8 Å². The summed E-state index contributed by atoms with van der Waals surface area (Å²) in [5, 5.41) is 19.0. The van der Waals surface area contributed by atoms with Crippen LogP contribution in [0.5, 0.6) is 0 Å². The molecule has 0 amide bonds. The lowest BCUT2D eigenvalue weighted by molar-refractivity contribution is 0.290. The summed E-state index contributed by atoms with van der Waals surface area (Å²) in [4.78, 5) is 3.90. The van der Waals surface area contributed by atoms with Crippen molar-refractivity contribution in [1.82, 2.24) is 9.55 Å². The summed E-state index contributed by atoms with van der Waals surface area (Å²) in [6, 6.07) is 0. The van der Waals surface area contributed by atoms with Crippen LogP contribution in [-0.2, 0) is 5.88 Å². The average Bonchev–Trinajstić information content (AvgIpc) is 2.34. The fourth-order valence-corrected chi connectivity index (χ4v) is 1.47. The first-order chi connectivity index (χ1) is 5.66. The quantitative estimate of drug-likeness (QED) is 0.722. The summed E-state index contributed by atoms with van der Waals surface area (Å²) < 4.78 is 1.64. The zero-order chi connectivity index (χ0) is 9.14. The minimum Gasteiger partial charge on any atom is -0.732 e. The van der Waals surface area contributed by atoms with E-state index in [1.807, 2.05) is 6.26 Å². The molecule has 5 nitrogen and oxygen atoms in total. The second kappa shape index (κ2) is 3.79. The number of thioether (sulfide) groups is 1. The molecule has 0 aromatic carbocycles. The Labute approximate surface area is 74.5 Å².